The van der Waals surface area contributed by atoms with Crippen molar-refractivity contribution in [3.8, 4) is 0 Å². The van der Waals surface area contributed by atoms with Crippen molar-refractivity contribution < 1.29 is 9.59 Å². The number of benzene rings is 4. The van der Waals surface area contributed by atoms with Crippen LogP contribution < -0.4 is 9.80 Å². The Kier molecular flexibility index (Phi) is 8.10. The van der Waals surface area contributed by atoms with E-state index < -0.39 is 0 Å². The van der Waals surface area contributed by atoms with Gasteiger partial charge in [0, 0.05) is 87.0 Å². The van der Waals surface area contributed by atoms with E-state index in [1.165, 1.54) is 11.4 Å². The second-order valence-corrected chi connectivity index (χ2v) is 10.8. The third-order valence-electron chi connectivity index (χ3n) is 8.15. The first kappa shape index (κ1) is 26.8. The van der Waals surface area contributed by atoms with E-state index >= 15 is 0 Å². The normalized spacial score (nSPS) is 16.0. The fourth-order valence-electron chi connectivity index (χ4n) is 5.82. The maximum atomic E-state index is 13.5. The second-order valence-electron chi connectivity index (χ2n) is 10.8. The van der Waals surface area contributed by atoms with Crippen LogP contribution in [0.3, 0.4) is 0 Å². The number of nitrogens with zero attached hydrogens (tertiary/aromatic N) is 4. The molecule has 0 aromatic heterocycles. The summed E-state index contributed by atoms with van der Waals surface area (Å²) in [5, 5.41) is 0. The molecule has 0 saturated carbocycles. The predicted molar refractivity (Wildman–Crippen MR) is 165 cm³/mol. The molecule has 2 fully saturated rings. The average molecular weight is 545 g/mol. The highest BCUT2D eigenvalue weighted by Gasteiger charge is 2.23. The summed E-state index contributed by atoms with van der Waals surface area (Å²) in [6, 6.07) is 36.0. The molecule has 2 heterocycles. The monoisotopic (exact) mass is 544 g/mol. The van der Waals surface area contributed by atoms with Crippen molar-refractivity contribution in [3.05, 3.63) is 131 Å². The molecule has 0 aliphatic carbocycles. The smallest absolute Gasteiger partial charge is 0.253 e. The standard InChI is InChI=1S/C35H36N4O2/c40-34(29-10-7-9-28(25-29)27-36-17-19-37(20-18-36)32-13-3-1-4-14-32)30-11-8-12-31(26-30)35(41)39-23-21-38(22-24-39)33-15-5-2-6-16-33/h1-16,25-26H,17-24,27H2. The minimum absolute atomic E-state index is 0.0178. The van der Waals surface area contributed by atoms with Crippen molar-refractivity contribution in [2.24, 2.45) is 0 Å². The largest absolute Gasteiger partial charge is 0.369 e. The number of hydrogen-bond donors (Lipinski definition) is 0. The number of carbonyl (C=O) groups excluding carboxylic acids is 2. The molecule has 4 aromatic rings. The molecule has 0 N–H and O–H groups in total. The molecule has 6 rings (SSSR count). The molecule has 0 radical (unpaired) electrons. The predicted octanol–water partition coefficient (Wildman–Crippen LogP) is 5.20. The van der Waals surface area contributed by atoms with Crippen molar-refractivity contribution in [1.82, 2.24) is 9.80 Å². The Hall–Kier alpha value is -4.42. The Morgan fingerprint density at radius 1 is 0.512 bits per heavy atom. The van der Waals surface area contributed by atoms with E-state index in [0.29, 0.717) is 29.8 Å². The molecule has 6 heteroatoms. The van der Waals surface area contributed by atoms with Crippen molar-refractivity contribution in [1.29, 1.82) is 0 Å². The first-order valence-corrected chi connectivity index (χ1v) is 14.5. The van der Waals surface area contributed by atoms with Gasteiger partial charge in [-0.15, -0.1) is 0 Å². The maximum absolute atomic E-state index is 13.5. The first-order valence-electron chi connectivity index (χ1n) is 14.5. The Labute approximate surface area is 242 Å². The van der Waals surface area contributed by atoms with Gasteiger partial charge >= 0.3 is 0 Å². The summed E-state index contributed by atoms with van der Waals surface area (Å²) in [5.74, 6) is -0.0694. The van der Waals surface area contributed by atoms with Crippen LogP contribution in [-0.4, -0.2) is 73.8 Å². The fraction of sp³-hybridized carbons (Fsp3) is 0.257. The van der Waals surface area contributed by atoms with Gasteiger partial charge in [0.25, 0.3) is 5.91 Å². The zero-order chi connectivity index (χ0) is 28.0. The van der Waals surface area contributed by atoms with Gasteiger partial charge in [-0.05, 0) is 48.0 Å². The van der Waals surface area contributed by atoms with Gasteiger partial charge in [0.2, 0.25) is 0 Å². The molecule has 41 heavy (non-hydrogen) atoms. The number of amides is 1. The molecule has 0 bridgehead atoms. The highest BCUT2D eigenvalue weighted by molar-refractivity contribution is 6.10. The molecule has 208 valence electrons. The molecular formula is C35H36N4O2. The van der Waals surface area contributed by atoms with E-state index in [0.717, 1.165) is 51.4 Å². The summed E-state index contributed by atoms with van der Waals surface area (Å²) in [7, 11) is 0. The van der Waals surface area contributed by atoms with Crippen LogP contribution in [0.2, 0.25) is 0 Å². The number of anilines is 2. The summed E-state index contributed by atoms with van der Waals surface area (Å²) in [6.07, 6.45) is 0. The lowest BCUT2D eigenvalue weighted by Crippen LogP contribution is -2.48. The van der Waals surface area contributed by atoms with Crippen molar-refractivity contribution in [2.75, 3.05) is 62.2 Å². The van der Waals surface area contributed by atoms with Gasteiger partial charge in [0.1, 0.15) is 0 Å². The fourth-order valence-corrected chi connectivity index (χ4v) is 5.82. The molecule has 1 amide bonds. The van der Waals surface area contributed by atoms with Gasteiger partial charge < -0.3 is 14.7 Å². The third kappa shape index (κ3) is 6.34. The number of piperazine rings is 2. The lowest BCUT2D eigenvalue weighted by molar-refractivity contribution is 0.0746. The minimum Gasteiger partial charge on any atom is -0.369 e. The SMILES string of the molecule is O=C(c1cccc(CN2CCN(c3ccccc3)CC2)c1)c1cccc(C(=O)N2CCN(c3ccccc3)CC2)c1. The molecule has 2 saturated heterocycles. The van der Waals surface area contributed by atoms with E-state index in [1.54, 1.807) is 6.07 Å². The second kappa shape index (κ2) is 12.4. The average Bonchev–Trinajstić information content (AvgIpc) is 3.05. The van der Waals surface area contributed by atoms with Crippen molar-refractivity contribution in [3.63, 3.8) is 0 Å². The Morgan fingerprint density at radius 3 is 1.63 bits per heavy atom. The molecule has 6 nitrogen and oxygen atoms in total. The molecule has 2 aliphatic rings. The quantitative estimate of drug-likeness (QED) is 0.299. The van der Waals surface area contributed by atoms with E-state index in [-0.39, 0.29) is 11.7 Å². The van der Waals surface area contributed by atoms with Gasteiger partial charge in [-0.3, -0.25) is 14.5 Å². The molecular weight excluding hydrogens is 508 g/mol. The summed E-state index contributed by atoms with van der Waals surface area (Å²) < 4.78 is 0. The molecule has 0 atom stereocenters. The Morgan fingerprint density at radius 2 is 1.02 bits per heavy atom. The molecule has 0 unspecified atom stereocenters. The molecule has 0 spiro atoms. The lowest BCUT2D eigenvalue weighted by atomic mass is 9.99. The number of ketones is 1. The van der Waals surface area contributed by atoms with Gasteiger partial charge in [0.15, 0.2) is 5.78 Å². The Bertz CT molecular complexity index is 1470. The summed E-state index contributed by atoms with van der Waals surface area (Å²) >= 11 is 0. The number of rotatable bonds is 7. The van der Waals surface area contributed by atoms with Crippen molar-refractivity contribution >= 4 is 23.1 Å². The van der Waals surface area contributed by atoms with Gasteiger partial charge in [-0.2, -0.15) is 0 Å². The first-order chi connectivity index (χ1) is 20.1. The van der Waals surface area contributed by atoms with Crippen LogP contribution >= 0.6 is 0 Å². The Balaban J connectivity index is 1.07. The maximum Gasteiger partial charge on any atom is 0.253 e. The van der Waals surface area contributed by atoms with Crippen LogP contribution in [0.4, 0.5) is 11.4 Å². The number of para-hydroxylation sites is 2. The highest BCUT2D eigenvalue weighted by Crippen LogP contribution is 2.20. The van der Waals surface area contributed by atoms with Crippen LogP contribution in [0.5, 0.6) is 0 Å². The molecule has 2 aliphatic heterocycles. The van der Waals surface area contributed by atoms with Gasteiger partial charge in [-0.1, -0.05) is 66.7 Å². The summed E-state index contributed by atoms with van der Waals surface area (Å²) in [5.41, 5.74) is 5.36. The lowest BCUT2D eigenvalue weighted by Gasteiger charge is -2.36. The van der Waals surface area contributed by atoms with Crippen LogP contribution in [0, 0.1) is 0 Å². The van der Waals surface area contributed by atoms with E-state index in [9.17, 15) is 9.59 Å². The van der Waals surface area contributed by atoms with Crippen LogP contribution in [0.15, 0.2) is 109 Å². The van der Waals surface area contributed by atoms with Crippen LogP contribution in [0.25, 0.3) is 0 Å². The van der Waals surface area contributed by atoms with Gasteiger partial charge in [-0.25, -0.2) is 0 Å². The van der Waals surface area contributed by atoms with Crippen LogP contribution in [0.1, 0.15) is 31.8 Å². The topological polar surface area (TPSA) is 47.1 Å². The number of carbonyl (C=O) groups is 2. The highest BCUT2D eigenvalue weighted by atomic mass is 16.2. The van der Waals surface area contributed by atoms with E-state index in [4.69, 9.17) is 0 Å². The van der Waals surface area contributed by atoms with E-state index in [2.05, 4.69) is 63.2 Å². The van der Waals surface area contributed by atoms with Gasteiger partial charge in [0.05, 0.1) is 0 Å². The summed E-state index contributed by atoms with van der Waals surface area (Å²) in [4.78, 5) is 35.9. The minimum atomic E-state index is -0.0516. The van der Waals surface area contributed by atoms with Crippen molar-refractivity contribution in [2.45, 2.75) is 6.54 Å². The van der Waals surface area contributed by atoms with Crippen LogP contribution in [-0.2, 0) is 6.54 Å². The molecule has 4 aromatic carbocycles. The number of hydrogen-bond acceptors (Lipinski definition) is 5. The third-order valence-corrected chi connectivity index (χ3v) is 8.15. The zero-order valence-electron chi connectivity index (χ0n) is 23.4. The summed E-state index contributed by atoms with van der Waals surface area (Å²) in [6.45, 7) is 7.67. The van der Waals surface area contributed by atoms with E-state index in [1.807, 2.05) is 59.5 Å². The zero-order valence-corrected chi connectivity index (χ0v) is 23.4.